The van der Waals surface area contributed by atoms with Crippen LogP contribution in [-0.4, -0.2) is 12.6 Å². The lowest BCUT2D eigenvalue weighted by atomic mass is 10.1. The highest BCUT2D eigenvalue weighted by Gasteiger charge is 2.04. The van der Waals surface area contributed by atoms with Crippen LogP contribution < -0.4 is 0 Å². The van der Waals surface area contributed by atoms with Crippen molar-refractivity contribution >= 4 is 5.97 Å². The van der Waals surface area contributed by atoms with Crippen LogP contribution in [0.15, 0.2) is 24.3 Å². The lowest BCUT2D eigenvalue weighted by Gasteiger charge is -2.03. The predicted octanol–water partition coefficient (Wildman–Crippen LogP) is 3.60. The van der Waals surface area contributed by atoms with Gasteiger partial charge < -0.3 is 4.74 Å². The molecule has 0 spiro atoms. The van der Waals surface area contributed by atoms with Crippen molar-refractivity contribution in [3.8, 4) is 0 Å². The number of carbonyl (C=O) groups is 1. The van der Waals surface area contributed by atoms with E-state index in [4.69, 9.17) is 4.74 Å². The Hall–Kier alpha value is -1.31. The molecular formula is C14H20O2. The van der Waals surface area contributed by atoms with Gasteiger partial charge in [-0.1, -0.05) is 31.9 Å². The van der Waals surface area contributed by atoms with Gasteiger partial charge in [0, 0.05) is 0 Å². The van der Waals surface area contributed by atoms with E-state index in [1.54, 1.807) is 0 Å². The number of hydrogen-bond acceptors (Lipinski definition) is 2. The molecule has 0 bridgehead atoms. The number of carbonyl (C=O) groups excluding carboxylic acids is 1. The SMILES string of the molecule is CCCCCc1ccc(C(=O)OCC)cc1. The second-order valence-electron chi connectivity index (χ2n) is 3.87. The molecule has 0 aliphatic heterocycles. The van der Waals surface area contributed by atoms with Crippen LogP contribution in [-0.2, 0) is 11.2 Å². The van der Waals surface area contributed by atoms with Crippen LogP contribution >= 0.6 is 0 Å². The molecule has 2 heteroatoms. The first-order chi connectivity index (χ1) is 7.77. The minimum Gasteiger partial charge on any atom is -0.462 e. The van der Waals surface area contributed by atoms with Crippen LogP contribution in [0.5, 0.6) is 0 Å². The van der Waals surface area contributed by atoms with E-state index < -0.39 is 0 Å². The van der Waals surface area contributed by atoms with Gasteiger partial charge in [-0.2, -0.15) is 0 Å². The highest BCUT2D eigenvalue weighted by molar-refractivity contribution is 5.89. The van der Waals surface area contributed by atoms with Gasteiger partial charge in [-0.15, -0.1) is 0 Å². The van der Waals surface area contributed by atoms with Crippen LogP contribution in [0, 0.1) is 0 Å². The largest absolute Gasteiger partial charge is 0.462 e. The zero-order chi connectivity index (χ0) is 11.8. The third-order valence-corrected chi connectivity index (χ3v) is 2.53. The van der Waals surface area contributed by atoms with Crippen LogP contribution in [0.3, 0.4) is 0 Å². The first kappa shape index (κ1) is 12.8. The summed E-state index contributed by atoms with van der Waals surface area (Å²) >= 11 is 0. The van der Waals surface area contributed by atoms with Gasteiger partial charge in [0.15, 0.2) is 0 Å². The molecule has 0 saturated heterocycles. The van der Waals surface area contributed by atoms with Crippen molar-refractivity contribution < 1.29 is 9.53 Å². The Bertz CT molecular complexity index is 314. The predicted molar refractivity (Wildman–Crippen MR) is 65.6 cm³/mol. The molecule has 0 aromatic heterocycles. The van der Waals surface area contributed by atoms with Crippen LogP contribution in [0.4, 0.5) is 0 Å². The minimum atomic E-state index is -0.234. The molecule has 1 aromatic carbocycles. The molecule has 0 heterocycles. The van der Waals surface area contributed by atoms with E-state index in [2.05, 4.69) is 6.92 Å². The Labute approximate surface area is 97.6 Å². The summed E-state index contributed by atoms with van der Waals surface area (Å²) in [7, 11) is 0. The molecule has 0 aliphatic rings. The van der Waals surface area contributed by atoms with Crippen molar-refractivity contribution in [2.75, 3.05) is 6.61 Å². The summed E-state index contributed by atoms with van der Waals surface area (Å²) in [6.07, 6.45) is 4.81. The molecule has 0 atom stereocenters. The summed E-state index contributed by atoms with van der Waals surface area (Å²) in [5.41, 5.74) is 1.93. The van der Waals surface area contributed by atoms with Gasteiger partial charge >= 0.3 is 5.97 Å². The van der Waals surface area contributed by atoms with E-state index in [1.807, 2.05) is 31.2 Å². The summed E-state index contributed by atoms with van der Waals surface area (Å²) in [5, 5.41) is 0. The molecule has 16 heavy (non-hydrogen) atoms. The summed E-state index contributed by atoms with van der Waals surface area (Å²) in [6.45, 7) is 4.44. The molecule has 1 aromatic rings. The average molecular weight is 220 g/mol. The number of benzene rings is 1. The summed E-state index contributed by atoms with van der Waals surface area (Å²) in [6, 6.07) is 7.72. The first-order valence-corrected chi connectivity index (χ1v) is 6.04. The maximum absolute atomic E-state index is 11.4. The zero-order valence-electron chi connectivity index (χ0n) is 10.2. The molecule has 88 valence electrons. The fourth-order valence-corrected chi connectivity index (χ4v) is 1.60. The van der Waals surface area contributed by atoms with E-state index in [0.717, 1.165) is 6.42 Å². The van der Waals surface area contributed by atoms with Crippen molar-refractivity contribution in [3.63, 3.8) is 0 Å². The van der Waals surface area contributed by atoms with Crippen LogP contribution in [0.1, 0.15) is 49.0 Å². The quantitative estimate of drug-likeness (QED) is 0.541. The minimum absolute atomic E-state index is 0.234. The Morgan fingerprint density at radius 3 is 2.38 bits per heavy atom. The molecule has 0 N–H and O–H groups in total. The van der Waals surface area contributed by atoms with Gasteiger partial charge in [0.05, 0.1) is 12.2 Å². The normalized spacial score (nSPS) is 10.1. The monoisotopic (exact) mass is 220 g/mol. The molecule has 0 saturated carbocycles. The topological polar surface area (TPSA) is 26.3 Å². The highest BCUT2D eigenvalue weighted by Crippen LogP contribution is 2.09. The number of rotatable bonds is 6. The van der Waals surface area contributed by atoms with Gasteiger partial charge in [0.1, 0.15) is 0 Å². The number of aryl methyl sites for hydroxylation is 1. The lowest BCUT2D eigenvalue weighted by molar-refractivity contribution is 0.0526. The fourth-order valence-electron chi connectivity index (χ4n) is 1.60. The lowest BCUT2D eigenvalue weighted by Crippen LogP contribution is -2.04. The molecule has 0 radical (unpaired) electrons. The number of ether oxygens (including phenoxy) is 1. The van der Waals surface area contributed by atoms with Crippen molar-refractivity contribution in [2.45, 2.75) is 39.5 Å². The van der Waals surface area contributed by atoms with Gasteiger partial charge in [-0.05, 0) is 37.5 Å². The number of hydrogen-bond donors (Lipinski definition) is 0. The van der Waals surface area contributed by atoms with Gasteiger partial charge in [0.2, 0.25) is 0 Å². The van der Waals surface area contributed by atoms with E-state index in [1.165, 1.54) is 24.8 Å². The van der Waals surface area contributed by atoms with E-state index in [0.29, 0.717) is 12.2 Å². The summed E-state index contributed by atoms with van der Waals surface area (Å²) < 4.78 is 4.93. The first-order valence-electron chi connectivity index (χ1n) is 6.04. The fraction of sp³-hybridized carbons (Fsp3) is 0.500. The zero-order valence-corrected chi connectivity index (χ0v) is 10.2. The van der Waals surface area contributed by atoms with Crippen molar-refractivity contribution in [1.82, 2.24) is 0 Å². The maximum atomic E-state index is 11.4. The van der Waals surface area contributed by atoms with Crippen molar-refractivity contribution in [3.05, 3.63) is 35.4 Å². The Morgan fingerprint density at radius 2 is 1.81 bits per heavy atom. The van der Waals surface area contributed by atoms with Crippen molar-refractivity contribution in [1.29, 1.82) is 0 Å². The average Bonchev–Trinajstić information content (AvgIpc) is 2.30. The molecule has 0 aliphatic carbocycles. The Morgan fingerprint density at radius 1 is 1.12 bits per heavy atom. The molecule has 2 nitrogen and oxygen atoms in total. The second-order valence-corrected chi connectivity index (χ2v) is 3.87. The third kappa shape index (κ3) is 4.05. The molecule has 1 rings (SSSR count). The highest BCUT2D eigenvalue weighted by atomic mass is 16.5. The summed E-state index contributed by atoms with van der Waals surface area (Å²) in [5.74, 6) is -0.234. The van der Waals surface area contributed by atoms with Gasteiger partial charge in [0.25, 0.3) is 0 Å². The molecule has 0 amide bonds. The third-order valence-electron chi connectivity index (χ3n) is 2.53. The standard InChI is InChI=1S/C14H20O2/c1-3-5-6-7-12-8-10-13(11-9-12)14(15)16-4-2/h8-11H,3-7H2,1-2H3. The second kappa shape index (κ2) is 7.04. The van der Waals surface area contributed by atoms with E-state index in [9.17, 15) is 4.79 Å². The van der Waals surface area contributed by atoms with E-state index in [-0.39, 0.29) is 5.97 Å². The van der Waals surface area contributed by atoms with Gasteiger partial charge in [-0.25, -0.2) is 4.79 Å². The number of esters is 1. The summed E-state index contributed by atoms with van der Waals surface area (Å²) in [4.78, 5) is 11.4. The molecule has 0 fully saturated rings. The van der Waals surface area contributed by atoms with Crippen LogP contribution in [0.2, 0.25) is 0 Å². The van der Waals surface area contributed by atoms with Crippen molar-refractivity contribution in [2.24, 2.45) is 0 Å². The number of unbranched alkanes of at least 4 members (excludes halogenated alkanes) is 2. The Balaban J connectivity index is 2.50. The van der Waals surface area contributed by atoms with Gasteiger partial charge in [-0.3, -0.25) is 0 Å². The molecular weight excluding hydrogens is 200 g/mol. The smallest absolute Gasteiger partial charge is 0.338 e. The van der Waals surface area contributed by atoms with Crippen LogP contribution in [0.25, 0.3) is 0 Å². The Kier molecular flexibility index (Phi) is 5.62. The van der Waals surface area contributed by atoms with E-state index >= 15 is 0 Å². The maximum Gasteiger partial charge on any atom is 0.338 e. The molecule has 0 unspecified atom stereocenters.